The molecule has 0 spiro atoms. The Bertz CT molecular complexity index is 1010. The van der Waals surface area contributed by atoms with Crippen LogP contribution in [0.15, 0.2) is 66.7 Å². The number of amides is 1. The number of rotatable bonds is 7. The van der Waals surface area contributed by atoms with Crippen LogP contribution in [-0.4, -0.2) is 19.6 Å². The largest absolute Gasteiger partial charge is 0.493 e. The molecule has 0 aromatic heterocycles. The van der Waals surface area contributed by atoms with Gasteiger partial charge in [-0.15, -0.1) is 0 Å². The number of para-hydroxylation sites is 2. The van der Waals surface area contributed by atoms with Crippen molar-refractivity contribution < 1.29 is 27.8 Å². The molecule has 3 aromatic rings. The molecular formula is C22H19F2NO4. The zero-order valence-electron chi connectivity index (χ0n) is 15.8. The Hall–Kier alpha value is -3.61. The minimum atomic E-state index is -2.99. The molecule has 0 radical (unpaired) electrons. The molecule has 3 aromatic carbocycles. The van der Waals surface area contributed by atoms with E-state index < -0.39 is 12.5 Å². The number of ether oxygens (including phenoxy) is 3. The maximum absolute atomic E-state index is 12.7. The molecule has 0 heterocycles. The Labute approximate surface area is 166 Å². The first kappa shape index (κ1) is 20.1. The maximum Gasteiger partial charge on any atom is 0.387 e. The second-order valence-electron chi connectivity index (χ2n) is 6.11. The third-order valence-electron chi connectivity index (χ3n) is 3.99. The van der Waals surface area contributed by atoms with Gasteiger partial charge in [0.15, 0.2) is 17.2 Å². The summed E-state index contributed by atoms with van der Waals surface area (Å²) >= 11 is 0. The van der Waals surface area contributed by atoms with Crippen molar-refractivity contribution in [3.8, 4) is 23.0 Å². The monoisotopic (exact) mass is 399 g/mol. The van der Waals surface area contributed by atoms with Crippen molar-refractivity contribution in [2.75, 3.05) is 12.4 Å². The van der Waals surface area contributed by atoms with Gasteiger partial charge in [-0.05, 0) is 55.0 Å². The number of hydrogen-bond acceptors (Lipinski definition) is 4. The molecule has 150 valence electrons. The topological polar surface area (TPSA) is 56.8 Å². The molecule has 0 aliphatic heterocycles. The van der Waals surface area contributed by atoms with Crippen molar-refractivity contribution in [1.82, 2.24) is 0 Å². The number of hydrogen-bond donors (Lipinski definition) is 1. The van der Waals surface area contributed by atoms with Crippen LogP contribution in [0.1, 0.15) is 15.9 Å². The zero-order chi connectivity index (χ0) is 20.8. The molecule has 0 unspecified atom stereocenters. The molecule has 0 saturated heterocycles. The normalized spacial score (nSPS) is 10.5. The number of methoxy groups -OCH3 is 1. The van der Waals surface area contributed by atoms with Crippen LogP contribution in [0.3, 0.4) is 0 Å². The summed E-state index contributed by atoms with van der Waals surface area (Å²) in [6.45, 7) is -1.04. The lowest BCUT2D eigenvalue weighted by molar-refractivity contribution is -0.0512. The fourth-order valence-electron chi connectivity index (χ4n) is 2.66. The van der Waals surface area contributed by atoms with Gasteiger partial charge in [-0.25, -0.2) is 0 Å². The van der Waals surface area contributed by atoms with Gasteiger partial charge >= 0.3 is 6.61 Å². The number of benzene rings is 3. The zero-order valence-corrected chi connectivity index (χ0v) is 15.8. The first-order valence-electron chi connectivity index (χ1n) is 8.74. The van der Waals surface area contributed by atoms with Crippen LogP contribution < -0.4 is 19.5 Å². The molecule has 3 rings (SSSR count). The number of carbonyl (C=O) groups excluding carboxylic acids is 1. The molecule has 1 N–H and O–H groups in total. The van der Waals surface area contributed by atoms with E-state index in [1.807, 2.05) is 31.2 Å². The van der Waals surface area contributed by atoms with E-state index in [1.54, 1.807) is 24.3 Å². The van der Waals surface area contributed by atoms with Gasteiger partial charge in [0.2, 0.25) is 0 Å². The van der Waals surface area contributed by atoms with Crippen LogP contribution in [-0.2, 0) is 0 Å². The second-order valence-corrected chi connectivity index (χ2v) is 6.11. The van der Waals surface area contributed by atoms with E-state index in [4.69, 9.17) is 9.47 Å². The first-order chi connectivity index (χ1) is 14.0. The first-order valence-corrected chi connectivity index (χ1v) is 8.74. The lowest BCUT2D eigenvalue weighted by Gasteiger charge is -2.14. The van der Waals surface area contributed by atoms with Gasteiger partial charge in [0, 0.05) is 5.56 Å². The summed E-state index contributed by atoms with van der Waals surface area (Å²) in [5.41, 5.74) is 1.72. The maximum atomic E-state index is 12.7. The Kier molecular flexibility index (Phi) is 6.29. The van der Waals surface area contributed by atoms with E-state index in [2.05, 4.69) is 10.1 Å². The Morgan fingerprint density at radius 3 is 2.45 bits per heavy atom. The highest BCUT2D eigenvalue weighted by molar-refractivity contribution is 6.05. The molecule has 0 saturated carbocycles. The van der Waals surface area contributed by atoms with Crippen molar-refractivity contribution in [3.05, 3.63) is 77.9 Å². The summed E-state index contributed by atoms with van der Waals surface area (Å²) in [7, 11) is 1.31. The third kappa shape index (κ3) is 5.22. The number of anilines is 1. The highest BCUT2D eigenvalue weighted by atomic mass is 19.3. The smallest absolute Gasteiger partial charge is 0.387 e. The summed E-state index contributed by atoms with van der Waals surface area (Å²) < 4.78 is 40.2. The van der Waals surface area contributed by atoms with Gasteiger partial charge in [0.25, 0.3) is 5.91 Å². The van der Waals surface area contributed by atoms with Crippen LogP contribution in [0.2, 0.25) is 0 Å². The van der Waals surface area contributed by atoms with E-state index in [1.165, 1.54) is 25.3 Å². The van der Waals surface area contributed by atoms with Gasteiger partial charge in [-0.1, -0.05) is 24.3 Å². The predicted octanol–water partition coefficient (Wildman–Crippen LogP) is 5.65. The molecule has 0 bridgehead atoms. The highest BCUT2D eigenvalue weighted by Crippen LogP contribution is 2.32. The van der Waals surface area contributed by atoms with Gasteiger partial charge in [-0.3, -0.25) is 4.79 Å². The SMILES string of the molecule is COc1cc(C(=O)Nc2ccccc2Oc2cccc(C)c2)ccc1OC(F)F. The van der Waals surface area contributed by atoms with Gasteiger partial charge in [0.1, 0.15) is 5.75 Å². The second kappa shape index (κ2) is 9.05. The molecule has 0 fully saturated rings. The summed E-state index contributed by atoms with van der Waals surface area (Å²) in [5.74, 6) is 0.537. The van der Waals surface area contributed by atoms with E-state index in [0.717, 1.165) is 5.56 Å². The van der Waals surface area contributed by atoms with Crippen molar-refractivity contribution >= 4 is 11.6 Å². The van der Waals surface area contributed by atoms with Crippen LogP contribution in [0, 0.1) is 6.92 Å². The van der Waals surface area contributed by atoms with E-state index in [0.29, 0.717) is 17.2 Å². The lowest BCUT2D eigenvalue weighted by Crippen LogP contribution is -2.13. The van der Waals surface area contributed by atoms with Gasteiger partial charge in [0.05, 0.1) is 12.8 Å². The Balaban J connectivity index is 1.81. The molecule has 0 atom stereocenters. The molecule has 7 heteroatoms. The third-order valence-corrected chi connectivity index (χ3v) is 3.99. The number of halogens is 2. The van der Waals surface area contributed by atoms with Crippen molar-refractivity contribution in [2.45, 2.75) is 13.5 Å². The van der Waals surface area contributed by atoms with Crippen molar-refractivity contribution in [2.24, 2.45) is 0 Å². The number of aryl methyl sites for hydroxylation is 1. The van der Waals surface area contributed by atoms with Crippen LogP contribution >= 0.6 is 0 Å². The van der Waals surface area contributed by atoms with Gasteiger partial charge in [-0.2, -0.15) is 8.78 Å². The summed E-state index contributed by atoms with van der Waals surface area (Å²) in [6.07, 6.45) is 0. The van der Waals surface area contributed by atoms with Crippen LogP contribution in [0.4, 0.5) is 14.5 Å². The Morgan fingerprint density at radius 2 is 1.72 bits per heavy atom. The molecule has 0 aliphatic carbocycles. The Morgan fingerprint density at radius 1 is 0.931 bits per heavy atom. The van der Waals surface area contributed by atoms with Crippen molar-refractivity contribution in [1.29, 1.82) is 0 Å². The lowest BCUT2D eigenvalue weighted by atomic mass is 10.1. The standard InChI is InChI=1S/C22H19F2NO4/c1-14-6-5-7-16(12-14)28-18-9-4-3-8-17(18)25-21(26)15-10-11-19(29-22(23)24)20(13-15)27-2/h3-13,22H,1-2H3,(H,25,26). The molecule has 0 aliphatic rings. The average Bonchev–Trinajstić information content (AvgIpc) is 2.69. The minimum Gasteiger partial charge on any atom is -0.493 e. The molecular weight excluding hydrogens is 380 g/mol. The highest BCUT2D eigenvalue weighted by Gasteiger charge is 2.15. The molecule has 29 heavy (non-hydrogen) atoms. The van der Waals surface area contributed by atoms with E-state index >= 15 is 0 Å². The summed E-state index contributed by atoms with van der Waals surface area (Å²) in [6, 6.07) is 18.5. The summed E-state index contributed by atoms with van der Waals surface area (Å²) in [4.78, 5) is 12.7. The summed E-state index contributed by atoms with van der Waals surface area (Å²) in [5, 5.41) is 2.76. The molecule has 1 amide bonds. The van der Waals surface area contributed by atoms with Crippen LogP contribution in [0.25, 0.3) is 0 Å². The fourth-order valence-corrected chi connectivity index (χ4v) is 2.66. The number of carbonyl (C=O) groups is 1. The van der Waals surface area contributed by atoms with Crippen molar-refractivity contribution in [3.63, 3.8) is 0 Å². The predicted molar refractivity (Wildman–Crippen MR) is 105 cm³/mol. The molecule has 5 nitrogen and oxygen atoms in total. The van der Waals surface area contributed by atoms with Crippen LogP contribution in [0.5, 0.6) is 23.0 Å². The number of alkyl halides is 2. The van der Waals surface area contributed by atoms with E-state index in [9.17, 15) is 13.6 Å². The average molecular weight is 399 g/mol. The fraction of sp³-hybridized carbons (Fsp3) is 0.136. The van der Waals surface area contributed by atoms with Gasteiger partial charge < -0.3 is 19.5 Å². The quantitative estimate of drug-likeness (QED) is 0.558. The van der Waals surface area contributed by atoms with E-state index in [-0.39, 0.29) is 17.1 Å². The minimum absolute atomic E-state index is 0.0299. The number of nitrogens with one attached hydrogen (secondary N) is 1.